The van der Waals surface area contributed by atoms with Crippen LogP contribution in [0.3, 0.4) is 0 Å². The van der Waals surface area contributed by atoms with Crippen LogP contribution in [0.2, 0.25) is 10.0 Å². The second kappa shape index (κ2) is 12.1. The van der Waals surface area contributed by atoms with Gasteiger partial charge in [0.15, 0.2) is 0 Å². The Balaban J connectivity index is 1.80. The van der Waals surface area contributed by atoms with Crippen LogP contribution in [-0.4, -0.2) is 31.1 Å². The lowest BCUT2D eigenvalue weighted by molar-refractivity contribution is -0.123. The molecule has 0 radical (unpaired) electrons. The van der Waals surface area contributed by atoms with Crippen molar-refractivity contribution in [2.45, 2.75) is 57.3 Å². The van der Waals surface area contributed by atoms with Crippen molar-refractivity contribution in [2.75, 3.05) is 7.11 Å². The minimum Gasteiger partial charge on any atom is -0.465 e. The molecule has 218 valence electrons. The Kier molecular flexibility index (Phi) is 9.09. The van der Waals surface area contributed by atoms with E-state index < -0.39 is 47.1 Å². The summed E-state index contributed by atoms with van der Waals surface area (Å²) in [6, 6.07) is 13.6. The van der Waals surface area contributed by atoms with Crippen LogP contribution in [0, 0.1) is 17.0 Å². The average molecular weight is 605 g/mol. The maximum Gasteiger partial charge on any atom is 0.337 e. The molecule has 0 saturated carbocycles. The van der Waals surface area contributed by atoms with Gasteiger partial charge < -0.3 is 21.1 Å². The van der Waals surface area contributed by atoms with Crippen molar-refractivity contribution in [1.82, 2.24) is 10.6 Å². The summed E-state index contributed by atoms with van der Waals surface area (Å²) in [6.07, 6.45) is 0.440. The number of rotatable bonds is 7. The van der Waals surface area contributed by atoms with Crippen LogP contribution in [0.5, 0.6) is 0 Å². The highest BCUT2D eigenvalue weighted by Gasteiger charge is 2.58. The number of methoxy groups -OCH3 is 1. The van der Waals surface area contributed by atoms with E-state index in [1.807, 2.05) is 20.8 Å². The average Bonchev–Trinajstić information content (AvgIpc) is 3.19. The standard InChI is InChI=1S/C31H33Cl2F2N3O3/c1-30(2,3)15-24-31(36,21-12-11-19(32)14-23(21)34)25(20-9-6-10-22(33)26(20)35)27(38-24)28(39)37-16-17-7-5-8-18(13-17)29(40)41-4/h5-14,24-25,27,38H,15-16,36H2,1-4H3,(H,37,39)/t24-,25-,27+,31+/m0/s1. The van der Waals surface area contributed by atoms with Crippen LogP contribution in [0.25, 0.3) is 0 Å². The number of esters is 1. The van der Waals surface area contributed by atoms with Crippen molar-refractivity contribution in [3.05, 3.63) is 105 Å². The molecule has 4 atom stereocenters. The normalized spacial score (nSPS) is 22.4. The summed E-state index contributed by atoms with van der Waals surface area (Å²) < 4.78 is 36.1. The fraction of sp³-hybridized carbons (Fsp3) is 0.355. The Morgan fingerprint density at radius 1 is 1.07 bits per heavy atom. The van der Waals surface area contributed by atoms with Gasteiger partial charge in [-0.25, -0.2) is 13.6 Å². The molecule has 1 amide bonds. The number of nitrogens with one attached hydrogen (secondary N) is 2. The lowest BCUT2D eigenvalue weighted by Gasteiger charge is -2.40. The summed E-state index contributed by atoms with van der Waals surface area (Å²) in [6.45, 7) is 6.08. The van der Waals surface area contributed by atoms with Crippen molar-refractivity contribution < 1.29 is 23.1 Å². The summed E-state index contributed by atoms with van der Waals surface area (Å²) in [7, 11) is 1.29. The molecule has 10 heteroatoms. The first-order valence-corrected chi connectivity index (χ1v) is 13.9. The highest BCUT2D eigenvalue weighted by Crippen LogP contribution is 2.49. The molecule has 0 unspecified atom stereocenters. The van der Waals surface area contributed by atoms with E-state index in [4.69, 9.17) is 33.7 Å². The van der Waals surface area contributed by atoms with Gasteiger partial charge in [-0.15, -0.1) is 0 Å². The minimum absolute atomic E-state index is 0.0728. The third-order valence-corrected chi connectivity index (χ3v) is 7.96. The maximum absolute atomic E-state index is 15.7. The van der Waals surface area contributed by atoms with E-state index in [0.29, 0.717) is 17.5 Å². The first-order chi connectivity index (χ1) is 19.3. The zero-order valence-corrected chi connectivity index (χ0v) is 24.7. The molecule has 4 rings (SSSR count). The zero-order chi connectivity index (χ0) is 30.1. The van der Waals surface area contributed by atoms with E-state index in [9.17, 15) is 9.59 Å². The molecule has 1 saturated heterocycles. The first-order valence-electron chi connectivity index (χ1n) is 13.2. The molecule has 0 spiro atoms. The molecule has 4 N–H and O–H groups in total. The van der Waals surface area contributed by atoms with E-state index in [0.717, 1.165) is 6.07 Å². The van der Waals surface area contributed by atoms with Gasteiger partial charge in [-0.2, -0.15) is 0 Å². The number of nitrogens with two attached hydrogens (primary N) is 1. The largest absolute Gasteiger partial charge is 0.465 e. The van der Waals surface area contributed by atoms with Gasteiger partial charge in [0.25, 0.3) is 0 Å². The Morgan fingerprint density at radius 3 is 2.44 bits per heavy atom. The highest BCUT2D eigenvalue weighted by molar-refractivity contribution is 6.31. The van der Waals surface area contributed by atoms with Gasteiger partial charge >= 0.3 is 5.97 Å². The van der Waals surface area contributed by atoms with Crippen LogP contribution < -0.4 is 16.4 Å². The topological polar surface area (TPSA) is 93.4 Å². The van der Waals surface area contributed by atoms with Gasteiger partial charge in [-0.1, -0.05) is 74.3 Å². The van der Waals surface area contributed by atoms with Crippen LogP contribution in [0.15, 0.2) is 60.7 Å². The molecule has 1 aliphatic rings. The molecule has 1 fully saturated rings. The smallest absolute Gasteiger partial charge is 0.337 e. The molecule has 3 aromatic rings. The van der Waals surface area contributed by atoms with Gasteiger partial charge in [0, 0.05) is 29.1 Å². The number of hydrogen-bond acceptors (Lipinski definition) is 5. The van der Waals surface area contributed by atoms with E-state index in [1.165, 1.54) is 31.4 Å². The van der Waals surface area contributed by atoms with E-state index in [2.05, 4.69) is 10.6 Å². The number of carbonyl (C=O) groups excluding carboxylic acids is 2. The Morgan fingerprint density at radius 2 is 1.78 bits per heavy atom. The number of benzene rings is 3. The quantitative estimate of drug-likeness (QED) is 0.284. The van der Waals surface area contributed by atoms with Crippen molar-refractivity contribution in [3.8, 4) is 0 Å². The molecular weight excluding hydrogens is 571 g/mol. The van der Waals surface area contributed by atoms with Crippen molar-refractivity contribution in [2.24, 2.45) is 11.1 Å². The molecule has 6 nitrogen and oxygen atoms in total. The van der Waals surface area contributed by atoms with Crippen LogP contribution in [-0.2, 0) is 21.6 Å². The number of hydrogen-bond donors (Lipinski definition) is 3. The number of carbonyl (C=O) groups is 2. The monoisotopic (exact) mass is 603 g/mol. The number of amides is 1. The highest BCUT2D eigenvalue weighted by atomic mass is 35.5. The molecule has 1 aliphatic heterocycles. The molecular formula is C31H33Cl2F2N3O3. The molecule has 0 aliphatic carbocycles. The van der Waals surface area contributed by atoms with Crippen molar-refractivity contribution >= 4 is 35.1 Å². The molecule has 1 heterocycles. The van der Waals surface area contributed by atoms with Crippen LogP contribution in [0.4, 0.5) is 8.78 Å². The predicted octanol–water partition coefficient (Wildman–Crippen LogP) is 6.09. The Labute approximate surface area is 248 Å². The van der Waals surface area contributed by atoms with Gasteiger partial charge in [-0.3, -0.25) is 4.79 Å². The lowest BCUT2D eigenvalue weighted by atomic mass is 9.68. The first kappa shape index (κ1) is 30.9. The second-order valence-corrected chi connectivity index (χ2v) is 12.4. The third kappa shape index (κ3) is 6.41. The summed E-state index contributed by atoms with van der Waals surface area (Å²) >= 11 is 12.2. The van der Waals surface area contributed by atoms with Gasteiger partial charge in [0.1, 0.15) is 11.6 Å². The van der Waals surface area contributed by atoms with Crippen LogP contribution >= 0.6 is 23.2 Å². The number of ether oxygens (including phenoxy) is 1. The summed E-state index contributed by atoms with van der Waals surface area (Å²) in [5, 5.41) is 6.25. The zero-order valence-electron chi connectivity index (χ0n) is 23.2. The third-order valence-electron chi connectivity index (χ3n) is 7.43. The maximum atomic E-state index is 15.7. The number of halogens is 4. The van der Waals surface area contributed by atoms with Gasteiger partial charge in [0.2, 0.25) is 5.91 Å². The van der Waals surface area contributed by atoms with Gasteiger partial charge in [-0.05, 0) is 53.3 Å². The Hall–Kier alpha value is -3.04. The van der Waals surface area contributed by atoms with E-state index in [-0.39, 0.29) is 33.1 Å². The van der Waals surface area contributed by atoms with Gasteiger partial charge in [0.05, 0.1) is 29.3 Å². The fourth-order valence-corrected chi connectivity index (χ4v) is 5.97. The van der Waals surface area contributed by atoms with Crippen LogP contribution in [0.1, 0.15) is 60.2 Å². The van der Waals surface area contributed by atoms with E-state index in [1.54, 1.807) is 30.3 Å². The SMILES string of the molecule is COC(=O)c1cccc(CNC(=O)[C@@H]2N[C@@H](CC(C)(C)C)[C@](N)(c3ccc(Cl)cc3F)[C@H]2c2cccc(Cl)c2F)c1. The summed E-state index contributed by atoms with van der Waals surface area (Å²) in [4.78, 5) is 25.8. The molecule has 41 heavy (non-hydrogen) atoms. The summed E-state index contributed by atoms with van der Waals surface area (Å²) in [5.74, 6) is -3.42. The molecule has 0 bridgehead atoms. The molecule has 3 aromatic carbocycles. The van der Waals surface area contributed by atoms with E-state index >= 15 is 8.78 Å². The summed E-state index contributed by atoms with van der Waals surface area (Å²) in [5.41, 5.74) is 6.52. The second-order valence-electron chi connectivity index (χ2n) is 11.5. The Bertz CT molecular complexity index is 1460. The molecule has 0 aromatic heterocycles. The van der Waals surface area contributed by atoms with Crippen molar-refractivity contribution in [3.63, 3.8) is 0 Å². The lowest BCUT2D eigenvalue weighted by Crippen LogP contribution is -2.52. The minimum atomic E-state index is -1.57. The predicted molar refractivity (Wildman–Crippen MR) is 156 cm³/mol. The van der Waals surface area contributed by atoms with Crippen molar-refractivity contribution in [1.29, 1.82) is 0 Å². The fourth-order valence-electron chi connectivity index (χ4n) is 5.63.